The molecule has 0 fully saturated rings. The van der Waals surface area contributed by atoms with Gasteiger partial charge in [0.15, 0.2) is 5.78 Å². The lowest BCUT2D eigenvalue weighted by Crippen LogP contribution is -2.38. The molecule has 8 heteroatoms. The first-order valence-corrected chi connectivity index (χ1v) is 14.6. The third-order valence-corrected chi connectivity index (χ3v) is 8.73. The fraction of sp³-hybridized carbons (Fsp3) is 0.188. The molecule has 0 radical (unpaired) electrons. The van der Waals surface area contributed by atoms with Crippen molar-refractivity contribution in [2.24, 2.45) is 0 Å². The van der Waals surface area contributed by atoms with E-state index < -0.39 is 22.5 Å². The van der Waals surface area contributed by atoms with Gasteiger partial charge in [-0.25, -0.2) is 8.42 Å². The van der Waals surface area contributed by atoms with Crippen molar-refractivity contribution in [2.45, 2.75) is 38.0 Å². The van der Waals surface area contributed by atoms with Crippen LogP contribution in [0.15, 0.2) is 102 Å². The summed E-state index contributed by atoms with van der Waals surface area (Å²) in [6, 6.07) is 26.9. The molecule has 4 aromatic rings. The second-order valence-electron chi connectivity index (χ2n) is 10.5. The minimum atomic E-state index is -4.09. The highest BCUT2D eigenvalue weighted by atomic mass is 35.5. The number of carbonyl (C=O) groups is 2. The molecule has 6 nitrogen and oxygen atoms in total. The minimum absolute atomic E-state index is 0.0305. The van der Waals surface area contributed by atoms with Crippen LogP contribution in [0, 0.1) is 6.92 Å². The van der Waals surface area contributed by atoms with Crippen LogP contribution in [0.1, 0.15) is 47.8 Å². The molecule has 40 heavy (non-hydrogen) atoms. The van der Waals surface area contributed by atoms with E-state index in [9.17, 15) is 18.0 Å². The Kier molecular flexibility index (Phi) is 8.47. The van der Waals surface area contributed by atoms with Crippen molar-refractivity contribution in [2.75, 3.05) is 16.2 Å². The van der Waals surface area contributed by atoms with Crippen LogP contribution >= 0.6 is 11.6 Å². The zero-order valence-corrected chi connectivity index (χ0v) is 24.4. The molecule has 0 aromatic heterocycles. The van der Waals surface area contributed by atoms with Gasteiger partial charge in [-0.3, -0.25) is 13.9 Å². The number of hydrogen-bond acceptors (Lipinski definition) is 4. The van der Waals surface area contributed by atoms with E-state index in [2.05, 4.69) is 26.1 Å². The quantitative estimate of drug-likeness (QED) is 0.229. The average Bonchev–Trinajstić information content (AvgIpc) is 2.93. The van der Waals surface area contributed by atoms with Crippen LogP contribution in [0.4, 0.5) is 11.4 Å². The van der Waals surface area contributed by atoms with Gasteiger partial charge in [-0.2, -0.15) is 0 Å². The summed E-state index contributed by atoms with van der Waals surface area (Å²) in [4.78, 5) is 26.4. The summed E-state index contributed by atoms with van der Waals surface area (Å²) in [5, 5.41) is 3.13. The van der Waals surface area contributed by atoms with E-state index >= 15 is 0 Å². The molecule has 0 atom stereocenters. The molecule has 4 rings (SSSR count). The molecule has 0 aliphatic carbocycles. The molecular weight excluding hydrogens is 544 g/mol. The van der Waals surface area contributed by atoms with E-state index in [1.54, 1.807) is 79.7 Å². The first kappa shape index (κ1) is 29.1. The molecule has 0 heterocycles. The van der Waals surface area contributed by atoms with Gasteiger partial charge in [-0.15, -0.1) is 0 Å². The molecule has 0 unspecified atom stereocenters. The van der Waals surface area contributed by atoms with Crippen molar-refractivity contribution in [3.8, 4) is 0 Å². The Balaban J connectivity index is 1.59. The second-order valence-corrected chi connectivity index (χ2v) is 12.8. The lowest BCUT2D eigenvalue weighted by Gasteiger charge is -2.26. The van der Waals surface area contributed by atoms with Crippen LogP contribution < -0.4 is 9.62 Å². The Morgan fingerprint density at radius 2 is 1.48 bits per heavy atom. The maximum Gasteiger partial charge on any atom is 0.264 e. The number of rotatable bonds is 8. The molecule has 0 saturated heterocycles. The number of anilines is 2. The Morgan fingerprint density at radius 3 is 2.12 bits per heavy atom. The number of carbonyl (C=O) groups excluding carboxylic acids is 2. The Morgan fingerprint density at radius 1 is 0.825 bits per heavy atom. The third-order valence-electron chi connectivity index (χ3n) is 6.55. The SMILES string of the molecule is Cc1c(Cl)cccc1N(CC(=O)Nc1cccc(C(=O)c2ccc(C(C)(C)C)cc2)c1)S(=O)(=O)c1ccccc1. The number of ketones is 1. The Bertz CT molecular complexity index is 1640. The summed E-state index contributed by atoms with van der Waals surface area (Å²) in [5.41, 5.74) is 3.23. The molecule has 0 bridgehead atoms. The molecule has 1 amide bonds. The first-order valence-electron chi connectivity index (χ1n) is 12.8. The fourth-order valence-electron chi connectivity index (χ4n) is 4.24. The maximum atomic E-state index is 13.6. The van der Waals surface area contributed by atoms with Crippen LogP contribution in [-0.2, 0) is 20.2 Å². The highest BCUT2D eigenvalue weighted by Gasteiger charge is 2.29. The van der Waals surface area contributed by atoms with Crippen LogP contribution in [0.2, 0.25) is 5.02 Å². The van der Waals surface area contributed by atoms with Crippen molar-refractivity contribution in [3.05, 3.63) is 124 Å². The van der Waals surface area contributed by atoms with Crippen LogP contribution in [-0.4, -0.2) is 26.7 Å². The summed E-state index contributed by atoms with van der Waals surface area (Å²) >= 11 is 6.29. The molecule has 0 aliphatic heterocycles. The third kappa shape index (κ3) is 6.43. The van der Waals surface area contributed by atoms with Gasteiger partial charge >= 0.3 is 0 Å². The van der Waals surface area contributed by atoms with Crippen LogP contribution in [0.5, 0.6) is 0 Å². The molecule has 1 N–H and O–H groups in total. The number of hydrogen-bond donors (Lipinski definition) is 1. The Hall–Kier alpha value is -3.94. The van der Waals surface area contributed by atoms with E-state index in [1.807, 2.05) is 12.1 Å². The number of nitrogens with one attached hydrogen (secondary N) is 1. The number of nitrogens with zero attached hydrogens (tertiary/aromatic N) is 1. The van der Waals surface area contributed by atoms with E-state index in [0.29, 0.717) is 33.1 Å². The van der Waals surface area contributed by atoms with Crippen molar-refractivity contribution in [1.29, 1.82) is 0 Å². The van der Waals surface area contributed by atoms with Crippen molar-refractivity contribution < 1.29 is 18.0 Å². The summed E-state index contributed by atoms with van der Waals surface area (Å²) in [5.74, 6) is -0.752. The molecule has 0 aliphatic rings. The molecule has 4 aromatic carbocycles. The average molecular weight is 575 g/mol. The van der Waals surface area contributed by atoms with Gasteiger partial charge in [-0.1, -0.05) is 93.0 Å². The minimum Gasteiger partial charge on any atom is -0.324 e. The summed E-state index contributed by atoms with van der Waals surface area (Å²) in [6.45, 7) is 7.53. The smallest absolute Gasteiger partial charge is 0.264 e. The standard InChI is InChI=1S/C32H31ClN2O4S/c1-22-28(33)14-9-15-29(22)35(40(38,39)27-12-6-5-7-13-27)21-30(36)34-26-11-8-10-24(20-26)31(37)23-16-18-25(19-17-23)32(2,3)4/h5-20H,21H2,1-4H3,(H,34,36). The summed E-state index contributed by atoms with van der Waals surface area (Å²) < 4.78 is 28.3. The van der Waals surface area contributed by atoms with E-state index in [4.69, 9.17) is 11.6 Å². The highest BCUT2D eigenvalue weighted by Crippen LogP contribution is 2.31. The van der Waals surface area contributed by atoms with Gasteiger partial charge in [0.1, 0.15) is 6.54 Å². The van der Waals surface area contributed by atoms with Gasteiger partial charge in [0.25, 0.3) is 10.0 Å². The molecule has 206 valence electrons. The predicted octanol–water partition coefficient (Wildman–Crippen LogP) is 7.01. The summed E-state index contributed by atoms with van der Waals surface area (Å²) in [6.07, 6.45) is 0. The number of halogens is 1. The van der Waals surface area contributed by atoms with Gasteiger partial charge in [-0.05, 0) is 59.9 Å². The van der Waals surface area contributed by atoms with Crippen molar-refractivity contribution >= 4 is 44.7 Å². The fourth-order valence-corrected chi connectivity index (χ4v) is 5.91. The zero-order chi connectivity index (χ0) is 29.1. The largest absolute Gasteiger partial charge is 0.324 e. The van der Waals surface area contributed by atoms with Crippen molar-refractivity contribution in [1.82, 2.24) is 0 Å². The second kappa shape index (κ2) is 11.7. The first-order chi connectivity index (χ1) is 18.9. The molecular formula is C32H31ClN2O4S. The maximum absolute atomic E-state index is 13.6. The highest BCUT2D eigenvalue weighted by molar-refractivity contribution is 7.92. The molecule has 0 spiro atoms. The van der Waals surface area contributed by atoms with Gasteiger partial charge in [0.2, 0.25) is 5.91 Å². The summed E-state index contributed by atoms with van der Waals surface area (Å²) in [7, 11) is -4.09. The Labute approximate surface area is 240 Å². The lowest BCUT2D eigenvalue weighted by molar-refractivity contribution is -0.114. The zero-order valence-electron chi connectivity index (χ0n) is 22.8. The predicted molar refractivity (Wildman–Crippen MR) is 161 cm³/mol. The number of benzene rings is 4. The molecule has 0 saturated carbocycles. The van der Waals surface area contributed by atoms with Gasteiger partial charge < -0.3 is 5.32 Å². The lowest BCUT2D eigenvalue weighted by atomic mass is 9.86. The van der Waals surface area contributed by atoms with E-state index in [1.165, 1.54) is 12.1 Å². The normalized spacial score (nSPS) is 11.6. The number of sulfonamides is 1. The topological polar surface area (TPSA) is 83.6 Å². The van der Waals surface area contributed by atoms with Crippen LogP contribution in [0.25, 0.3) is 0 Å². The van der Waals surface area contributed by atoms with E-state index in [-0.39, 0.29) is 16.1 Å². The van der Waals surface area contributed by atoms with Gasteiger partial charge in [0.05, 0.1) is 10.6 Å². The van der Waals surface area contributed by atoms with Crippen molar-refractivity contribution in [3.63, 3.8) is 0 Å². The van der Waals surface area contributed by atoms with Crippen LogP contribution in [0.3, 0.4) is 0 Å². The number of amides is 1. The van der Waals surface area contributed by atoms with Gasteiger partial charge in [0, 0.05) is 21.8 Å². The monoisotopic (exact) mass is 574 g/mol. The van der Waals surface area contributed by atoms with E-state index in [0.717, 1.165) is 9.87 Å².